The van der Waals surface area contributed by atoms with Crippen molar-refractivity contribution in [1.82, 2.24) is 4.31 Å². The summed E-state index contributed by atoms with van der Waals surface area (Å²) in [7, 11) is -3.60. The van der Waals surface area contributed by atoms with E-state index in [1.165, 1.54) is 9.87 Å². The highest BCUT2D eigenvalue weighted by Gasteiger charge is 2.49. The summed E-state index contributed by atoms with van der Waals surface area (Å²) in [5, 5.41) is 10.2. The molecule has 4 nitrogen and oxygen atoms in total. The number of aliphatic hydroxyl groups excluding tert-OH is 1. The maximum atomic E-state index is 13.5. The highest BCUT2D eigenvalue weighted by atomic mass is 32.2. The van der Waals surface area contributed by atoms with Gasteiger partial charge in [0.2, 0.25) is 10.0 Å². The van der Waals surface area contributed by atoms with E-state index >= 15 is 0 Å². The molecule has 2 rings (SSSR count). The van der Waals surface area contributed by atoms with Crippen molar-refractivity contribution in [1.29, 1.82) is 0 Å². The molecule has 0 saturated carbocycles. The SMILES string of the molecule is CCC[C@@H](O)[C@@H]1CN1S(=O)(=O)c1c(C(C)C)cc(C(C)C)cc1C(C)C. The van der Waals surface area contributed by atoms with E-state index in [0.29, 0.717) is 23.8 Å². The monoisotopic (exact) mass is 381 g/mol. The minimum absolute atomic E-state index is 0.120. The number of rotatable bonds is 8. The first kappa shape index (κ1) is 21.4. The largest absolute Gasteiger partial charge is 0.391 e. The molecule has 1 fully saturated rings. The Kier molecular flexibility index (Phi) is 6.57. The van der Waals surface area contributed by atoms with Crippen LogP contribution in [0.4, 0.5) is 0 Å². The Morgan fingerprint density at radius 2 is 1.54 bits per heavy atom. The normalized spacial score (nSPS) is 21.7. The van der Waals surface area contributed by atoms with Gasteiger partial charge in [0, 0.05) is 6.54 Å². The highest BCUT2D eigenvalue weighted by molar-refractivity contribution is 7.89. The molecule has 3 atom stereocenters. The zero-order valence-electron chi connectivity index (χ0n) is 17.3. The lowest BCUT2D eigenvalue weighted by Gasteiger charge is -2.23. The molecule has 1 aliphatic rings. The Morgan fingerprint density at radius 3 is 1.92 bits per heavy atom. The van der Waals surface area contributed by atoms with Crippen LogP contribution in [0.15, 0.2) is 17.0 Å². The number of benzene rings is 1. The molecule has 1 aliphatic heterocycles. The van der Waals surface area contributed by atoms with E-state index in [-0.39, 0.29) is 17.9 Å². The molecule has 0 amide bonds. The van der Waals surface area contributed by atoms with Crippen LogP contribution in [0.25, 0.3) is 0 Å². The average molecular weight is 382 g/mol. The van der Waals surface area contributed by atoms with Crippen LogP contribution in [0, 0.1) is 0 Å². The van der Waals surface area contributed by atoms with Crippen molar-refractivity contribution in [3.63, 3.8) is 0 Å². The number of hydrogen-bond acceptors (Lipinski definition) is 3. The Balaban J connectivity index is 2.57. The number of aliphatic hydroxyl groups is 1. The van der Waals surface area contributed by atoms with Crippen molar-refractivity contribution < 1.29 is 13.5 Å². The fraction of sp³-hybridized carbons (Fsp3) is 0.714. The second-order valence-corrected chi connectivity index (χ2v) is 10.3. The topological polar surface area (TPSA) is 57.4 Å². The van der Waals surface area contributed by atoms with Crippen LogP contribution in [-0.2, 0) is 10.0 Å². The predicted octanol–water partition coefficient (Wildman–Crippen LogP) is 4.59. The van der Waals surface area contributed by atoms with E-state index in [9.17, 15) is 13.5 Å². The molecule has 1 aromatic carbocycles. The van der Waals surface area contributed by atoms with Crippen molar-refractivity contribution in [3.05, 3.63) is 28.8 Å². The summed E-state index contributed by atoms with van der Waals surface area (Å²) in [4.78, 5) is 0.470. The summed E-state index contributed by atoms with van der Waals surface area (Å²) in [6.07, 6.45) is 0.912. The summed E-state index contributed by atoms with van der Waals surface area (Å²) >= 11 is 0. The van der Waals surface area contributed by atoms with Gasteiger partial charge in [0.15, 0.2) is 0 Å². The second kappa shape index (κ2) is 7.99. The Labute approximate surface area is 159 Å². The van der Waals surface area contributed by atoms with Crippen molar-refractivity contribution in [2.75, 3.05) is 6.54 Å². The van der Waals surface area contributed by atoms with Crippen molar-refractivity contribution in [2.24, 2.45) is 0 Å². The van der Waals surface area contributed by atoms with Gasteiger partial charge in [-0.3, -0.25) is 0 Å². The van der Waals surface area contributed by atoms with E-state index in [0.717, 1.165) is 17.5 Å². The molecule has 1 heterocycles. The molecule has 0 aromatic heterocycles. The quantitative estimate of drug-likeness (QED) is 0.670. The van der Waals surface area contributed by atoms with Crippen LogP contribution in [0.3, 0.4) is 0 Å². The summed E-state index contributed by atoms with van der Waals surface area (Å²) < 4.78 is 28.4. The van der Waals surface area contributed by atoms with E-state index in [1.807, 2.05) is 34.6 Å². The zero-order valence-corrected chi connectivity index (χ0v) is 18.1. The van der Waals surface area contributed by atoms with Crippen LogP contribution in [0.5, 0.6) is 0 Å². The fourth-order valence-electron chi connectivity index (χ4n) is 3.52. The van der Waals surface area contributed by atoms with Crippen LogP contribution in [0.1, 0.15) is 95.8 Å². The minimum Gasteiger partial charge on any atom is -0.391 e. The number of sulfonamides is 1. The molecule has 1 aromatic rings. The molecule has 1 unspecified atom stereocenters. The number of hydrogen-bond donors (Lipinski definition) is 1. The van der Waals surface area contributed by atoms with E-state index in [1.54, 1.807) is 0 Å². The van der Waals surface area contributed by atoms with E-state index < -0.39 is 16.1 Å². The summed E-state index contributed by atoms with van der Waals surface area (Å²) in [6, 6.07) is 3.86. The molecule has 5 heteroatoms. The zero-order chi connectivity index (χ0) is 19.8. The Bertz CT molecular complexity index is 709. The molecule has 26 heavy (non-hydrogen) atoms. The smallest absolute Gasteiger partial charge is 0.244 e. The van der Waals surface area contributed by atoms with Gasteiger partial charge in [-0.05, 0) is 40.9 Å². The van der Waals surface area contributed by atoms with Gasteiger partial charge in [-0.15, -0.1) is 0 Å². The Morgan fingerprint density at radius 1 is 1.04 bits per heavy atom. The van der Waals surface area contributed by atoms with Gasteiger partial charge < -0.3 is 5.11 Å². The third-order valence-electron chi connectivity index (χ3n) is 5.28. The molecular formula is C21H35NO3S. The van der Waals surface area contributed by atoms with Crippen molar-refractivity contribution in [3.8, 4) is 0 Å². The third kappa shape index (κ3) is 4.15. The fourth-order valence-corrected chi connectivity index (χ4v) is 5.79. The summed E-state index contributed by atoms with van der Waals surface area (Å²) in [5.41, 5.74) is 2.98. The number of nitrogens with zero attached hydrogens (tertiary/aromatic N) is 1. The second-order valence-electron chi connectivity index (χ2n) is 8.49. The summed E-state index contributed by atoms with van der Waals surface area (Å²) in [6.45, 7) is 14.9. The van der Waals surface area contributed by atoms with Gasteiger partial charge in [0.05, 0.1) is 17.0 Å². The molecular weight excluding hydrogens is 346 g/mol. The van der Waals surface area contributed by atoms with Gasteiger partial charge in [-0.1, -0.05) is 67.0 Å². The lowest BCUT2D eigenvalue weighted by atomic mass is 9.89. The van der Waals surface area contributed by atoms with E-state index in [4.69, 9.17) is 0 Å². The van der Waals surface area contributed by atoms with Gasteiger partial charge in [0.1, 0.15) is 0 Å². The first-order valence-electron chi connectivity index (χ1n) is 9.89. The van der Waals surface area contributed by atoms with Gasteiger partial charge in [0.25, 0.3) is 0 Å². The third-order valence-corrected chi connectivity index (χ3v) is 7.30. The first-order valence-corrected chi connectivity index (χ1v) is 11.3. The molecule has 0 aliphatic carbocycles. The maximum Gasteiger partial charge on any atom is 0.244 e. The molecule has 1 saturated heterocycles. The van der Waals surface area contributed by atoms with Gasteiger partial charge in [-0.25, -0.2) is 8.42 Å². The van der Waals surface area contributed by atoms with Crippen LogP contribution >= 0.6 is 0 Å². The standard InChI is InChI=1S/C21H35NO3S/c1-8-9-20(23)19-12-22(19)26(24,25)21-17(14(4)5)10-16(13(2)3)11-18(21)15(6)7/h10-11,13-15,19-20,23H,8-9,12H2,1-7H3/t19-,20+,22?/m0/s1. The van der Waals surface area contributed by atoms with Gasteiger partial charge >= 0.3 is 0 Å². The molecule has 0 radical (unpaired) electrons. The summed E-state index contributed by atoms with van der Waals surface area (Å²) in [5.74, 6) is 0.590. The van der Waals surface area contributed by atoms with Crippen molar-refractivity contribution in [2.45, 2.75) is 96.1 Å². The first-order chi connectivity index (χ1) is 12.0. The lowest BCUT2D eigenvalue weighted by Crippen LogP contribution is -2.25. The highest BCUT2D eigenvalue weighted by Crippen LogP contribution is 2.40. The van der Waals surface area contributed by atoms with Crippen molar-refractivity contribution >= 4 is 10.0 Å². The molecule has 0 bridgehead atoms. The van der Waals surface area contributed by atoms with Crippen LogP contribution in [-0.4, -0.2) is 36.5 Å². The van der Waals surface area contributed by atoms with Crippen LogP contribution in [0.2, 0.25) is 0 Å². The molecule has 0 spiro atoms. The predicted molar refractivity (Wildman–Crippen MR) is 107 cm³/mol. The maximum absolute atomic E-state index is 13.5. The molecule has 1 N–H and O–H groups in total. The van der Waals surface area contributed by atoms with Gasteiger partial charge in [-0.2, -0.15) is 4.31 Å². The Hall–Kier alpha value is -0.910. The van der Waals surface area contributed by atoms with E-state index in [2.05, 4.69) is 26.0 Å². The molecule has 148 valence electrons. The lowest BCUT2D eigenvalue weighted by molar-refractivity contribution is 0.154. The average Bonchev–Trinajstić information content (AvgIpc) is 3.35. The minimum atomic E-state index is -3.60. The van der Waals surface area contributed by atoms with Crippen LogP contribution < -0.4 is 0 Å².